The molecular formula is C20H21ClN4O3S. The summed E-state index contributed by atoms with van der Waals surface area (Å²) >= 11 is 7.29. The Balaban J connectivity index is 1.58. The molecule has 3 aromatic rings. The summed E-state index contributed by atoms with van der Waals surface area (Å²) in [4.78, 5) is 12.2. The van der Waals surface area contributed by atoms with Gasteiger partial charge < -0.3 is 19.4 Å². The van der Waals surface area contributed by atoms with E-state index in [1.807, 2.05) is 42.8 Å². The molecule has 0 aliphatic carbocycles. The van der Waals surface area contributed by atoms with Gasteiger partial charge in [-0.15, -0.1) is 10.2 Å². The molecule has 0 aliphatic heterocycles. The van der Waals surface area contributed by atoms with E-state index in [4.69, 9.17) is 21.1 Å². The number of thioether (sulfide) groups is 1. The molecule has 2 aromatic carbocycles. The van der Waals surface area contributed by atoms with Crippen molar-refractivity contribution < 1.29 is 14.3 Å². The van der Waals surface area contributed by atoms with E-state index in [0.717, 1.165) is 0 Å². The molecule has 1 aromatic heterocycles. The predicted octanol–water partition coefficient (Wildman–Crippen LogP) is 4.35. The second kappa shape index (κ2) is 9.67. The molecule has 1 atom stereocenters. The normalized spacial score (nSPS) is 11.7. The number of hydrogen-bond acceptors (Lipinski definition) is 6. The summed E-state index contributed by atoms with van der Waals surface area (Å²) in [5, 5.41) is 12.4. The van der Waals surface area contributed by atoms with Crippen LogP contribution in [0.5, 0.6) is 11.5 Å². The van der Waals surface area contributed by atoms with Gasteiger partial charge in [0.1, 0.15) is 11.5 Å². The first-order valence-electron chi connectivity index (χ1n) is 8.84. The van der Waals surface area contributed by atoms with E-state index in [9.17, 15) is 4.79 Å². The maximum atomic E-state index is 12.2. The van der Waals surface area contributed by atoms with Crippen molar-refractivity contribution in [2.45, 2.75) is 18.2 Å². The molecule has 1 amide bonds. The zero-order chi connectivity index (χ0) is 20.8. The lowest BCUT2D eigenvalue weighted by Crippen LogP contribution is -2.15. The van der Waals surface area contributed by atoms with Crippen LogP contribution in [-0.2, 0) is 11.8 Å². The van der Waals surface area contributed by atoms with Crippen LogP contribution in [0.2, 0.25) is 5.02 Å². The van der Waals surface area contributed by atoms with Crippen molar-refractivity contribution in [3.8, 4) is 11.5 Å². The van der Waals surface area contributed by atoms with E-state index in [0.29, 0.717) is 33.2 Å². The van der Waals surface area contributed by atoms with Crippen LogP contribution in [0.4, 0.5) is 5.69 Å². The first-order chi connectivity index (χ1) is 14.0. The van der Waals surface area contributed by atoms with E-state index in [1.165, 1.54) is 11.8 Å². The third-order valence-electron chi connectivity index (χ3n) is 4.03. The number of rotatable bonds is 8. The molecule has 0 bridgehead atoms. The molecule has 0 saturated carbocycles. The Bertz CT molecular complexity index is 995. The van der Waals surface area contributed by atoms with Crippen molar-refractivity contribution in [3.63, 3.8) is 0 Å². The fraction of sp³-hybridized carbons (Fsp3) is 0.250. The number of methoxy groups -OCH3 is 1. The molecule has 0 saturated heterocycles. The Labute approximate surface area is 178 Å². The molecule has 0 radical (unpaired) electrons. The molecule has 3 rings (SSSR count). The van der Waals surface area contributed by atoms with Crippen LogP contribution >= 0.6 is 23.4 Å². The quantitative estimate of drug-likeness (QED) is 0.533. The minimum absolute atomic E-state index is 0.143. The molecule has 152 valence electrons. The van der Waals surface area contributed by atoms with Crippen molar-refractivity contribution in [1.29, 1.82) is 0 Å². The number of nitrogens with zero attached hydrogens (tertiary/aromatic N) is 3. The fourth-order valence-corrected chi connectivity index (χ4v) is 3.53. The van der Waals surface area contributed by atoms with Crippen molar-refractivity contribution in [1.82, 2.24) is 14.8 Å². The first kappa shape index (κ1) is 21.0. The number of amides is 1. The first-order valence-corrected chi connectivity index (χ1v) is 10.2. The van der Waals surface area contributed by atoms with Crippen molar-refractivity contribution in [3.05, 3.63) is 59.4 Å². The second-order valence-corrected chi connectivity index (χ2v) is 7.56. The maximum absolute atomic E-state index is 12.2. The molecule has 1 N–H and O–H groups in total. The SMILES string of the molecule is COc1cccc(NC(=O)CSc2nnc(C(C)Oc3cccc(Cl)c3)n2C)c1. The van der Waals surface area contributed by atoms with Gasteiger partial charge in [-0.1, -0.05) is 35.5 Å². The molecule has 0 aliphatic rings. The van der Waals surface area contributed by atoms with E-state index in [1.54, 1.807) is 31.4 Å². The Kier molecular flexibility index (Phi) is 7.00. The monoisotopic (exact) mass is 432 g/mol. The average Bonchev–Trinajstić information content (AvgIpc) is 3.07. The van der Waals surface area contributed by atoms with E-state index in [-0.39, 0.29) is 17.8 Å². The van der Waals surface area contributed by atoms with Crippen LogP contribution in [0.25, 0.3) is 0 Å². The number of benzene rings is 2. The van der Waals surface area contributed by atoms with Gasteiger partial charge in [0.15, 0.2) is 17.1 Å². The van der Waals surface area contributed by atoms with Gasteiger partial charge in [0.2, 0.25) is 5.91 Å². The predicted molar refractivity (Wildman–Crippen MR) is 114 cm³/mol. The van der Waals surface area contributed by atoms with Crippen LogP contribution in [0.15, 0.2) is 53.7 Å². The zero-order valence-corrected chi connectivity index (χ0v) is 17.8. The lowest BCUT2D eigenvalue weighted by Gasteiger charge is -2.14. The van der Waals surface area contributed by atoms with Crippen LogP contribution in [0, 0.1) is 0 Å². The van der Waals surface area contributed by atoms with Crippen molar-refractivity contribution >= 4 is 35.0 Å². The number of aromatic nitrogens is 3. The standard InChI is InChI=1S/C20H21ClN4O3S/c1-13(28-17-9-4-6-14(21)10-17)19-23-24-20(25(19)2)29-12-18(26)22-15-7-5-8-16(11-15)27-3/h4-11,13H,12H2,1-3H3,(H,22,26). The Morgan fingerprint density at radius 1 is 1.21 bits per heavy atom. The number of carbonyl (C=O) groups is 1. The maximum Gasteiger partial charge on any atom is 0.234 e. The highest BCUT2D eigenvalue weighted by molar-refractivity contribution is 7.99. The smallest absolute Gasteiger partial charge is 0.234 e. The van der Waals surface area contributed by atoms with Crippen LogP contribution in [-0.4, -0.2) is 33.5 Å². The molecule has 7 nitrogen and oxygen atoms in total. The number of halogens is 1. The molecular weight excluding hydrogens is 412 g/mol. The largest absolute Gasteiger partial charge is 0.497 e. The minimum Gasteiger partial charge on any atom is -0.497 e. The van der Waals surface area contributed by atoms with Gasteiger partial charge in [0.05, 0.1) is 12.9 Å². The number of carbonyl (C=O) groups excluding carboxylic acids is 1. The molecule has 1 unspecified atom stereocenters. The third-order valence-corrected chi connectivity index (χ3v) is 5.28. The van der Waals surface area contributed by atoms with Gasteiger partial charge in [-0.05, 0) is 37.3 Å². The highest BCUT2D eigenvalue weighted by atomic mass is 35.5. The van der Waals surface area contributed by atoms with E-state index in [2.05, 4.69) is 15.5 Å². The topological polar surface area (TPSA) is 78.3 Å². The molecule has 0 spiro atoms. The Morgan fingerprint density at radius 3 is 2.72 bits per heavy atom. The lowest BCUT2D eigenvalue weighted by molar-refractivity contribution is -0.113. The Hall–Kier alpha value is -2.71. The highest BCUT2D eigenvalue weighted by Gasteiger charge is 2.18. The highest BCUT2D eigenvalue weighted by Crippen LogP contribution is 2.25. The lowest BCUT2D eigenvalue weighted by atomic mass is 10.3. The van der Waals surface area contributed by atoms with Crippen LogP contribution < -0.4 is 14.8 Å². The zero-order valence-electron chi connectivity index (χ0n) is 16.3. The molecule has 1 heterocycles. The van der Waals surface area contributed by atoms with Gasteiger partial charge in [-0.3, -0.25) is 4.79 Å². The third kappa shape index (κ3) is 5.65. The number of anilines is 1. The summed E-state index contributed by atoms with van der Waals surface area (Å²) in [5.74, 6) is 2.05. The summed E-state index contributed by atoms with van der Waals surface area (Å²) in [5.41, 5.74) is 0.678. The summed E-state index contributed by atoms with van der Waals surface area (Å²) < 4.78 is 12.9. The van der Waals surface area contributed by atoms with Crippen LogP contribution in [0.1, 0.15) is 18.9 Å². The second-order valence-electron chi connectivity index (χ2n) is 6.19. The average molecular weight is 433 g/mol. The minimum atomic E-state index is -0.328. The van der Waals surface area contributed by atoms with Gasteiger partial charge in [0.25, 0.3) is 0 Å². The molecule has 9 heteroatoms. The molecule has 0 fully saturated rings. The van der Waals surface area contributed by atoms with Gasteiger partial charge in [-0.2, -0.15) is 0 Å². The number of nitrogens with one attached hydrogen (secondary N) is 1. The summed E-state index contributed by atoms with van der Waals surface area (Å²) in [6, 6.07) is 14.4. The van der Waals surface area contributed by atoms with Gasteiger partial charge in [0, 0.05) is 23.8 Å². The van der Waals surface area contributed by atoms with Gasteiger partial charge >= 0.3 is 0 Å². The summed E-state index contributed by atoms with van der Waals surface area (Å²) in [7, 11) is 3.43. The van der Waals surface area contributed by atoms with Crippen molar-refractivity contribution in [2.75, 3.05) is 18.2 Å². The Morgan fingerprint density at radius 2 is 1.97 bits per heavy atom. The molecule has 29 heavy (non-hydrogen) atoms. The number of ether oxygens (including phenoxy) is 2. The fourth-order valence-electron chi connectivity index (χ4n) is 2.63. The van der Waals surface area contributed by atoms with Crippen molar-refractivity contribution in [2.24, 2.45) is 7.05 Å². The van der Waals surface area contributed by atoms with E-state index >= 15 is 0 Å². The van der Waals surface area contributed by atoms with Crippen LogP contribution in [0.3, 0.4) is 0 Å². The number of hydrogen-bond donors (Lipinski definition) is 1. The van der Waals surface area contributed by atoms with Gasteiger partial charge in [-0.25, -0.2) is 0 Å². The summed E-state index contributed by atoms with van der Waals surface area (Å²) in [6.07, 6.45) is -0.328. The van der Waals surface area contributed by atoms with E-state index < -0.39 is 0 Å². The summed E-state index contributed by atoms with van der Waals surface area (Å²) in [6.45, 7) is 1.88.